The van der Waals surface area contributed by atoms with E-state index in [-0.39, 0.29) is 17.7 Å². The summed E-state index contributed by atoms with van der Waals surface area (Å²) in [4.78, 5) is 25.0. The van der Waals surface area contributed by atoms with Crippen molar-refractivity contribution >= 4 is 23.4 Å². The van der Waals surface area contributed by atoms with E-state index in [0.29, 0.717) is 17.1 Å². The van der Waals surface area contributed by atoms with E-state index in [1.54, 1.807) is 30.3 Å². The van der Waals surface area contributed by atoms with Crippen LogP contribution in [-0.2, 0) is 11.3 Å². The van der Waals surface area contributed by atoms with E-state index in [9.17, 15) is 9.59 Å². The number of amides is 2. The molecule has 0 radical (unpaired) electrons. The Labute approximate surface area is 153 Å². The predicted molar refractivity (Wildman–Crippen MR) is 100 cm³/mol. The van der Waals surface area contributed by atoms with Crippen LogP contribution in [0.2, 0.25) is 5.02 Å². The maximum absolute atomic E-state index is 12.6. The Kier molecular flexibility index (Phi) is 7.02. The molecule has 0 saturated carbocycles. The van der Waals surface area contributed by atoms with E-state index in [2.05, 4.69) is 10.6 Å². The summed E-state index contributed by atoms with van der Waals surface area (Å²) in [7, 11) is 0. The van der Waals surface area contributed by atoms with Gasteiger partial charge >= 0.3 is 0 Å². The van der Waals surface area contributed by atoms with Crippen molar-refractivity contribution in [1.82, 2.24) is 10.6 Å². The van der Waals surface area contributed by atoms with Gasteiger partial charge in [-0.1, -0.05) is 62.2 Å². The third-order valence-electron chi connectivity index (χ3n) is 4.17. The maximum atomic E-state index is 12.6. The van der Waals surface area contributed by atoms with Crippen molar-refractivity contribution < 1.29 is 9.59 Å². The molecule has 5 heteroatoms. The molecule has 0 fully saturated rings. The average Bonchev–Trinajstić information content (AvgIpc) is 2.64. The molecule has 0 aliphatic rings. The quantitative estimate of drug-likeness (QED) is 0.790. The molecule has 2 aromatic carbocycles. The molecule has 0 aliphatic heterocycles. The molecule has 2 rings (SSSR count). The second kappa shape index (κ2) is 9.23. The van der Waals surface area contributed by atoms with Crippen molar-refractivity contribution in [2.75, 3.05) is 0 Å². The maximum Gasteiger partial charge on any atom is 0.251 e. The summed E-state index contributed by atoms with van der Waals surface area (Å²) in [6.45, 7) is 4.32. The number of carbonyl (C=O) groups excluding carboxylic acids is 2. The molecule has 4 nitrogen and oxygen atoms in total. The van der Waals surface area contributed by atoms with Crippen molar-refractivity contribution in [3.05, 3.63) is 70.7 Å². The second-order valence-electron chi connectivity index (χ2n) is 6.05. The summed E-state index contributed by atoms with van der Waals surface area (Å²) >= 11 is 5.96. The summed E-state index contributed by atoms with van der Waals surface area (Å²) in [5.74, 6) is -0.422. The summed E-state index contributed by atoms with van der Waals surface area (Å²) in [6, 6.07) is 15.6. The van der Waals surface area contributed by atoms with Crippen LogP contribution in [0.5, 0.6) is 0 Å². The molecule has 0 saturated heterocycles. The molecule has 0 spiro atoms. The summed E-state index contributed by atoms with van der Waals surface area (Å²) in [5, 5.41) is 6.37. The van der Waals surface area contributed by atoms with Crippen molar-refractivity contribution in [1.29, 1.82) is 0 Å². The largest absolute Gasteiger partial charge is 0.350 e. The predicted octanol–water partition coefficient (Wildman–Crippen LogP) is 3.80. The van der Waals surface area contributed by atoms with E-state index < -0.39 is 6.04 Å². The van der Waals surface area contributed by atoms with Crippen LogP contribution in [0, 0.1) is 5.92 Å². The molecule has 2 aromatic rings. The lowest BCUT2D eigenvalue weighted by atomic mass is 9.97. The van der Waals surface area contributed by atoms with Crippen LogP contribution in [0.25, 0.3) is 0 Å². The summed E-state index contributed by atoms with van der Waals surface area (Å²) < 4.78 is 0. The summed E-state index contributed by atoms with van der Waals surface area (Å²) in [6.07, 6.45) is 0.782. The van der Waals surface area contributed by atoms with E-state index in [1.165, 1.54) is 0 Å². The molecule has 2 N–H and O–H groups in total. The molecule has 0 aromatic heterocycles. The number of benzene rings is 2. The fraction of sp³-hybridized carbons (Fsp3) is 0.300. The Morgan fingerprint density at radius 2 is 1.80 bits per heavy atom. The van der Waals surface area contributed by atoms with Crippen molar-refractivity contribution in [3.8, 4) is 0 Å². The zero-order chi connectivity index (χ0) is 18.2. The lowest BCUT2D eigenvalue weighted by Crippen LogP contribution is -2.50. The van der Waals surface area contributed by atoms with Crippen LogP contribution in [0.15, 0.2) is 54.6 Å². The molecule has 0 aliphatic carbocycles. The zero-order valence-corrected chi connectivity index (χ0v) is 15.2. The van der Waals surface area contributed by atoms with Crippen LogP contribution in [0.4, 0.5) is 0 Å². The van der Waals surface area contributed by atoms with E-state index >= 15 is 0 Å². The first kappa shape index (κ1) is 19.0. The molecule has 2 atom stereocenters. The fourth-order valence-corrected chi connectivity index (χ4v) is 2.67. The van der Waals surface area contributed by atoms with Gasteiger partial charge in [-0.2, -0.15) is 0 Å². The van der Waals surface area contributed by atoms with Gasteiger partial charge in [0.25, 0.3) is 5.91 Å². The van der Waals surface area contributed by atoms with Crippen molar-refractivity contribution in [2.24, 2.45) is 5.92 Å². The number of nitrogens with one attached hydrogen (secondary N) is 2. The molecular formula is C20H23ClN2O2. The van der Waals surface area contributed by atoms with Gasteiger partial charge in [-0.15, -0.1) is 0 Å². The number of hydrogen-bond acceptors (Lipinski definition) is 2. The Balaban J connectivity index is 2.03. The Morgan fingerprint density at radius 1 is 1.08 bits per heavy atom. The first-order valence-electron chi connectivity index (χ1n) is 8.39. The monoisotopic (exact) mass is 358 g/mol. The number of hydrogen-bond donors (Lipinski definition) is 2. The normalized spacial score (nSPS) is 12.9. The minimum Gasteiger partial charge on any atom is -0.350 e. The average molecular weight is 359 g/mol. The molecule has 0 bridgehead atoms. The lowest BCUT2D eigenvalue weighted by Gasteiger charge is -2.23. The van der Waals surface area contributed by atoms with E-state index in [0.717, 1.165) is 12.0 Å². The Bertz CT molecular complexity index is 719. The number of rotatable bonds is 7. The van der Waals surface area contributed by atoms with Gasteiger partial charge in [0.15, 0.2) is 0 Å². The van der Waals surface area contributed by atoms with Gasteiger partial charge in [0.2, 0.25) is 5.91 Å². The van der Waals surface area contributed by atoms with Crippen molar-refractivity contribution in [2.45, 2.75) is 32.9 Å². The highest BCUT2D eigenvalue weighted by Gasteiger charge is 2.26. The highest BCUT2D eigenvalue weighted by molar-refractivity contribution is 6.30. The first-order valence-corrected chi connectivity index (χ1v) is 8.77. The standard InChI is InChI=1S/C20H23ClN2O2/c1-3-14(2)18(23-19(24)16-9-5-4-6-10-16)20(25)22-13-15-8-7-11-17(21)12-15/h4-12,14,18H,3,13H2,1-2H3,(H,22,25)(H,23,24). The van der Waals surface area contributed by atoms with Crippen LogP contribution in [0.3, 0.4) is 0 Å². The minimum atomic E-state index is -0.586. The minimum absolute atomic E-state index is 0.0204. The number of carbonyl (C=O) groups is 2. The Morgan fingerprint density at radius 3 is 2.44 bits per heavy atom. The lowest BCUT2D eigenvalue weighted by molar-refractivity contribution is -0.124. The van der Waals surface area contributed by atoms with Gasteiger partial charge < -0.3 is 10.6 Å². The van der Waals surface area contributed by atoms with Crippen LogP contribution < -0.4 is 10.6 Å². The van der Waals surface area contributed by atoms with Crippen LogP contribution >= 0.6 is 11.6 Å². The molecule has 2 amide bonds. The third kappa shape index (κ3) is 5.61. The van der Waals surface area contributed by atoms with Gasteiger partial charge in [0.1, 0.15) is 6.04 Å². The topological polar surface area (TPSA) is 58.2 Å². The van der Waals surface area contributed by atoms with Gasteiger partial charge in [0, 0.05) is 17.1 Å². The second-order valence-corrected chi connectivity index (χ2v) is 6.49. The molecular weight excluding hydrogens is 336 g/mol. The highest BCUT2D eigenvalue weighted by atomic mass is 35.5. The van der Waals surface area contributed by atoms with Crippen LogP contribution in [0.1, 0.15) is 36.2 Å². The Hall–Kier alpha value is -2.33. The van der Waals surface area contributed by atoms with Gasteiger partial charge in [-0.25, -0.2) is 0 Å². The highest BCUT2D eigenvalue weighted by Crippen LogP contribution is 2.12. The smallest absolute Gasteiger partial charge is 0.251 e. The van der Waals surface area contributed by atoms with Gasteiger partial charge in [-0.05, 0) is 35.7 Å². The van der Waals surface area contributed by atoms with Gasteiger partial charge in [0.05, 0.1) is 0 Å². The first-order chi connectivity index (χ1) is 12.0. The molecule has 0 heterocycles. The van der Waals surface area contributed by atoms with E-state index in [1.807, 2.05) is 38.1 Å². The molecule has 25 heavy (non-hydrogen) atoms. The number of halogens is 1. The molecule has 132 valence electrons. The van der Waals surface area contributed by atoms with Gasteiger partial charge in [-0.3, -0.25) is 9.59 Å². The third-order valence-corrected chi connectivity index (χ3v) is 4.41. The summed E-state index contributed by atoms with van der Waals surface area (Å²) in [5.41, 5.74) is 1.46. The van der Waals surface area contributed by atoms with Crippen LogP contribution in [-0.4, -0.2) is 17.9 Å². The van der Waals surface area contributed by atoms with Crippen molar-refractivity contribution in [3.63, 3.8) is 0 Å². The zero-order valence-electron chi connectivity index (χ0n) is 14.5. The molecule has 2 unspecified atom stereocenters. The van der Waals surface area contributed by atoms with E-state index in [4.69, 9.17) is 11.6 Å². The SMILES string of the molecule is CCC(C)C(NC(=O)c1ccccc1)C(=O)NCc1cccc(Cl)c1. The fourth-order valence-electron chi connectivity index (χ4n) is 2.46.